The Hall–Kier alpha value is -3.64. The van der Waals surface area contributed by atoms with Crippen molar-refractivity contribution in [2.75, 3.05) is 12.3 Å². The van der Waals surface area contributed by atoms with Crippen molar-refractivity contribution in [2.45, 2.75) is 46.1 Å². The molecule has 0 saturated heterocycles. The van der Waals surface area contributed by atoms with Crippen LogP contribution in [0.5, 0.6) is 5.75 Å². The Morgan fingerprint density at radius 2 is 1.88 bits per heavy atom. The molecule has 34 heavy (non-hydrogen) atoms. The van der Waals surface area contributed by atoms with E-state index in [9.17, 15) is 9.90 Å². The highest BCUT2D eigenvalue weighted by Gasteiger charge is 2.22. The van der Waals surface area contributed by atoms with Gasteiger partial charge in [0, 0.05) is 34.6 Å². The molecule has 4 N–H and O–H groups in total. The van der Waals surface area contributed by atoms with Crippen molar-refractivity contribution in [1.29, 1.82) is 0 Å². The molecule has 0 unspecified atom stereocenters. The monoisotopic (exact) mass is 458 g/mol. The molecule has 2 heterocycles. The van der Waals surface area contributed by atoms with Gasteiger partial charge in [0.05, 0.1) is 24.1 Å². The van der Waals surface area contributed by atoms with Gasteiger partial charge in [-0.2, -0.15) is 0 Å². The Kier molecular flexibility index (Phi) is 6.19. The number of aromatic nitrogens is 1. The molecule has 0 saturated carbocycles. The molecule has 3 aromatic carbocycles. The van der Waals surface area contributed by atoms with E-state index in [1.54, 1.807) is 20.8 Å². The average Bonchev–Trinajstić information content (AvgIpc) is 2.75. The molecular weight excluding hydrogens is 428 g/mol. The van der Waals surface area contributed by atoms with Crippen LogP contribution in [-0.2, 0) is 17.6 Å². The van der Waals surface area contributed by atoms with Crippen LogP contribution in [0.2, 0.25) is 0 Å². The molecule has 5 rings (SSSR count). The summed E-state index contributed by atoms with van der Waals surface area (Å²) < 4.78 is 5.86. The van der Waals surface area contributed by atoms with E-state index in [4.69, 9.17) is 15.6 Å². The summed E-state index contributed by atoms with van der Waals surface area (Å²) in [5.74, 6) is -0.0361. The Bertz CT molecular complexity index is 1390. The molecule has 1 aromatic heterocycles. The summed E-state index contributed by atoms with van der Waals surface area (Å²) in [5, 5.41) is 21.0. The lowest BCUT2D eigenvalue weighted by atomic mass is 9.86. The number of hydrogen-bond acceptors (Lipinski definition) is 5. The molecule has 0 atom stereocenters. The lowest BCUT2D eigenvalue weighted by Gasteiger charge is -2.22. The molecule has 6 nitrogen and oxygen atoms in total. The van der Waals surface area contributed by atoms with Gasteiger partial charge in [-0.25, -0.2) is 0 Å². The number of carbonyl (C=O) groups is 1. The van der Waals surface area contributed by atoms with E-state index < -0.39 is 11.6 Å². The van der Waals surface area contributed by atoms with Gasteiger partial charge in [-0.3, -0.25) is 9.78 Å². The van der Waals surface area contributed by atoms with Gasteiger partial charge in [0.15, 0.2) is 0 Å². The van der Waals surface area contributed by atoms with Crippen LogP contribution >= 0.6 is 0 Å². The van der Waals surface area contributed by atoms with Crippen LogP contribution < -0.4 is 10.5 Å². The summed E-state index contributed by atoms with van der Waals surface area (Å²) in [6, 6.07) is 13.7. The highest BCUT2D eigenvalue weighted by atomic mass is 16.5. The molecule has 0 radical (unpaired) electrons. The number of carboxylic acid groups (broad SMARTS) is 1. The number of aryl methyl sites for hydroxylation is 1. The minimum atomic E-state index is -0.864. The zero-order chi connectivity index (χ0) is 24.6. The van der Waals surface area contributed by atoms with Crippen molar-refractivity contribution >= 4 is 33.3 Å². The maximum absolute atomic E-state index is 11.7. The number of fused-ring (bicyclic) bond motifs is 1. The zero-order valence-electron chi connectivity index (χ0n) is 20.0. The molecule has 0 bridgehead atoms. The van der Waals surface area contributed by atoms with Crippen LogP contribution in [-0.4, -0.2) is 33.4 Å². The molecular formula is C28H30N2O4. The summed E-state index contributed by atoms with van der Waals surface area (Å²) in [6.45, 7) is 7.82. The third-order valence-electron chi connectivity index (χ3n) is 5.71. The minimum Gasteiger partial charge on any atom is -0.493 e. The van der Waals surface area contributed by atoms with E-state index >= 15 is 0 Å². The van der Waals surface area contributed by atoms with E-state index in [-0.39, 0.29) is 6.42 Å². The highest BCUT2D eigenvalue weighted by molar-refractivity contribution is 6.10. The number of carboxylic acids is 1. The van der Waals surface area contributed by atoms with Gasteiger partial charge < -0.3 is 20.7 Å². The third kappa shape index (κ3) is 4.68. The number of benzene rings is 3. The number of pyridine rings is 1. The number of rotatable bonds is 3. The van der Waals surface area contributed by atoms with Gasteiger partial charge in [0.25, 0.3) is 0 Å². The standard InChI is InChI=1S/C24H20N2O3.C4H10O/c1-13-11-18-15(3-2-4-19(18)25)23(17(13)12-21(27)28)16-5-6-20-22-14(8-10-29-20)7-9-26-24(16)22;1-4(2,3)5/h2-7,9,11H,8,10,12,25H2,1H3,(H,27,28);5H,1-3H3. The molecule has 0 spiro atoms. The van der Waals surface area contributed by atoms with Crippen molar-refractivity contribution in [3.05, 3.63) is 65.4 Å². The first-order valence-electron chi connectivity index (χ1n) is 11.3. The molecule has 6 heteroatoms. The smallest absolute Gasteiger partial charge is 0.307 e. The summed E-state index contributed by atoms with van der Waals surface area (Å²) in [4.78, 5) is 16.4. The number of nitrogens with zero attached hydrogens (tertiary/aromatic N) is 1. The molecule has 1 aliphatic heterocycles. The first-order valence-corrected chi connectivity index (χ1v) is 11.3. The van der Waals surface area contributed by atoms with Crippen LogP contribution in [0.3, 0.4) is 0 Å². The molecule has 176 valence electrons. The van der Waals surface area contributed by atoms with Gasteiger partial charge in [-0.1, -0.05) is 12.1 Å². The summed E-state index contributed by atoms with van der Waals surface area (Å²) in [7, 11) is 0. The van der Waals surface area contributed by atoms with E-state index in [0.29, 0.717) is 12.3 Å². The second kappa shape index (κ2) is 8.95. The van der Waals surface area contributed by atoms with Crippen LogP contribution in [0.15, 0.2) is 48.7 Å². The quantitative estimate of drug-likeness (QED) is 0.361. The van der Waals surface area contributed by atoms with Crippen molar-refractivity contribution < 1.29 is 19.7 Å². The molecule has 0 aliphatic carbocycles. The number of hydrogen-bond donors (Lipinski definition) is 3. The maximum Gasteiger partial charge on any atom is 0.307 e. The van der Waals surface area contributed by atoms with E-state index in [2.05, 4.69) is 4.98 Å². The predicted molar refractivity (Wildman–Crippen MR) is 136 cm³/mol. The summed E-state index contributed by atoms with van der Waals surface area (Å²) in [6.07, 6.45) is 2.59. The van der Waals surface area contributed by atoms with Crippen molar-refractivity contribution in [1.82, 2.24) is 4.98 Å². The number of anilines is 1. The van der Waals surface area contributed by atoms with Crippen molar-refractivity contribution in [3.8, 4) is 16.9 Å². The number of nitrogen functional groups attached to an aromatic ring is 1. The normalized spacial score (nSPS) is 12.7. The first-order chi connectivity index (χ1) is 16.0. The molecule has 0 fully saturated rings. The van der Waals surface area contributed by atoms with Gasteiger partial charge in [-0.05, 0) is 85.7 Å². The lowest BCUT2D eigenvalue weighted by molar-refractivity contribution is -0.136. The van der Waals surface area contributed by atoms with E-state index in [1.807, 2.05) is 55.6 Å². The van der Waals surface area contributed by atoms with Crippen molar-refractivity contribution in [3.63, 3.8) is 0 Å². The Labute approximate surface area is 199 Å². The van der Waals surface area contributed by atoms with Gasteiger partial charge >= 0.3 is 5.97 Å². The first kappa shape index (κ1) is 23.5. The van der Waals surface area contributed by atoms with Crippen LogP contribution in [0.25, 0.3) is 32.8 Å². The average molecular weight is 459 g/mol. The van der Waals surface area contributed by atoms with Gasteiger partial charge in [0.2, 0.25) is 0 Å². The Morgan fingerprint density at radius 1 is 1.15 bits per heavy atom. The topological polar surface area (TPSA) is 106 Å². The second-order valence-corrected chi connectivity index (χ2v) is 9.63. The Morgan fingerprint density at radius 3 is 2.59 bits per heavy atom. The fraction of sp³-hybridized carbons (Fsp3) is 0.286. The van der Waals surface area contributed by atoms with Crippen molar-refractivity contribution in [2.24, 2.45) is 0 Å². The third-order valence-corrected chi connectivity index (χ3v) is 5.71. The molecule has 0 amide bonds. The van der Waals surface area contributed by atoms with Crippen LogP contribution in [0.1, 0.15) is 37.5 Å². The molecule has 1 aliphatic rings. The minimum absolute atomic E-state index is 0.0641. The fourth-order valence-electron chi connectivity index (χ4n) is 4.42. The highest BCUT2D eigenvalue weighted by Crippen LogP contribution is 2.43. The zero-order valence-corrected chi connectivity index (χ0v) is 20.0. The van der Waals surface area contributed by atoms with Crippen LogP contribution in [0, 0.1) is 6.92 Å². The second-order valence-electron chi connectivity index (χ2n) is 9.63. The number of ether oxygens (including phenoxy) is 1. The van der Waals surface area contributed by atoms with Gasteiger partial charge in [-0.15, -0.1) is 0 Å². The van der Waals surface area contributed by atoms with Gasteiger partial charge in [0.1, 0.15) is 5.75 Å². The predicted octanol–water partition coefficient (Wildman–Crippen LogP) is 5.28. The van der Waals surface area contributed by atoms with E-state index in [1.165, 1.54) is 5.56 Å². The van der Waals surface area contributed by atoms with Crippen LogP contribution in [0.4, 0.5) is 5.69 Å². The Balaban J connectivity index is 0.000000499. The summed E-state index contributed by atoms with van der Waals surface area (Å²) in [5.41, 5.74) is 12.0. The number of nitrogens with two attached hydrogens (primary N) is 1. The lowest BCUT2D eigenvalue weighted by Crippen LogP contribution is -2.10. The number of aliphatic hydroxyl groups is 1. The summed E-state index contributed by atoms with van der Waals surface area (Å²) >= 11 is 0. The molecule has 4 aromatic rings. The largest absolute Gasteiger partial charge is 0.493 e. The fourth-order valence-corrected chi connectivity index (χ4v) is 4.42. The number of aliphatic carboxylic acids is 1. The van der Waals surface area contributed by atoms with E-state index in [0.717, 1.165) is 56.1 Å². The SMILES string of the molecule is CC(C)(C)O.Cc1cc2c(N)cccc2c(-c2ccc3c4c(ccnc24)CCO3)c1CC(=O)O. The maximum atomic E-state index is 11.7.